The Morgan fingerprint density at radius 2 is 2.10 bits per heavy atom. The van der Waals surface area contributed by atoms with Gasteiger partial charge in [0, 0.05) is 26.3 Å². The highest BCUT2D eigenvalue weighted by atomic mass is 19.1. The summed E-state index contributed by atoms with van der Waals surface area (Å²) in [5.41, 5.74) is 1.42. The highest BCUT2D eigenvalue weighted by Crippen LogP contribution is 2.24. The van der Waals surface area contributed by atoms with Gasteiger partial charge < -0.3 is 10.2 Å². The molecule has 1 atom stereocenters. The van der Waals surface area contributed by atoms with E-state index < -0.39 is 0 Å². The molecule has 0 aliphatic rings. The van der Waals surface area contributed by atoms with E-state index in [0.717, 1.165) is 5.56 Å². The Kier molecular flexibility index (Phi) is 4.37. The summed E-state index contributed by atoms with van der Waals surface area (Å²) in [6.45, 7) is 1.94. The highest BCUT2D eigenvalue weighted by molar-refractivity contribution is 5.91. The number of hydrogen-bond acceptors (Lipinski definition) is 3. The third-order valence-electron chi connectivity index (χ3n) is 3.36. The van der Waals surface area contributed by atoms with Gasteiger partial charge in [-0.15, -0.1) is 0 Å². The van der Waals surface area contributed by atoms with Crippen LogP contribution in [0.4, 0.5) is 4.39 Å². The number of benzene rings is 1. The average Bonchev–Trinajstić information content (AvgIpc) is 2.94. The van der Waals surface area contributed by atoms with Crippen molar-refractivity contribution in [1.82, 2.24) is 20.0 Å². The quantitative estimate of drug-likeness (QED) is 0.937. The molecule has 0 bridgehead atoms. The maximum Gasteiger partial charge on any atom is 0.273 e. The van der Waals surface area contributed by atoms with E-state index >= 15 is 0 Å². The molecule has 6 heteroatoms. The van der Waals surface area contributed by atoms with Crippen LogP contribution in [0.15, 0.2) is 30.5 Å². The zero-order valence-corrected chi connectivity index (χ0v) is 12.6. The minimum Gasteiger partial charge on any atom is -0.343 e. The SMILES string of the molecule is CNC(C)c1cccc(F)c1-n1ccc(C(=O)N(C)C)n1. The Morgan fingerprint density at radius 1 is 1.38 bits per heavy atom. The van der Waals surface area contributed by atoms with Gasteiger partial charge in [-0.05, 0) is 31.7 Å². The second-order valence-electron chi connectivity index (χ2n) is 5.03. The van der Waals surface area contributed by atoms with E-state index in [1.54, 1.807) is 32.4 Å². The smallest absolute Gasteiger partial charge is 0.273 e. The van der Waals surface area contributed by atoms with E-state index in [1.165, 1.54) is 15.6 Å². The molecular weight excluding hydrogens is 271 g/mol. The van der Waals surface area contributed by atoms with E-state index in [0.29, 0.717) is 5.69 Å². The summed E-state index contributed by atoms with van der Waals surface area (Å²) in [4.78, 5) is 13.3. The number of nitrogens with zero attached hydrogens (tertiary/aromatic N) is 3. The Bertz CT molecular complexity index is 651. The minimum atomic E-state index is -0.374. The number of rotatable bonds is 4. The molecule has 1 amide bonds. The van der Waals surface area contributed by atoms with Crippen LogP contribution in [0, 0.1) is 5.82 Å². The van der Waals surface area contributed by atoms with Crippen molar-refractivity contribution in [3.63, 3.8) is 0 Å². The number of halogens is 1. The number of amides is 1. The molecule has 1 aromatic carbocycles. The van der Waals surface area contributed by atoms with Crippen LogP contribution in [0.2, 0.25) is 0 Å². The van der Waals surface area contributed by atoms with Gasteiger partial charge in [0.15, 0.2) is 5.69 Å². The van der Waals surface area contributed by atoms with Crippen LogP contribution in [-0.4, -0.2) is 41.7 Å². The van der Waals surface area contributed by atoms with Crippen molar-refractivity contribution in [2.24, 2.45) is 0 Å². The van der Waals surface area contributed by atoms with Crippen LogP contribution in [0.1, 0.15) is 29.0 Å². The maximum atomic E-state index is 14.2. The first-order valence-electron chi connectivity index (χ1n) is 6.69. The van der Waals surface area contributed by atoms with Gasteiger partial charge in [0.05, 0.1) is 0 Å². The van der Waals surface area contributed by atoms with E-state index in [4.69, 9.17) is 0 Å². The van der Waals surface area contributed by atoms with E-state index in [-0.39, 0.29) is 23.5 Å². The molecule has 0 radical (unpaired) electrons. The van der Waals surface area contributed by atoms with Crippen molar-refractivity contribution in [3.05, 3.63) is 47.5 Å². The third-order valence-corrected chi connectivity index (χ3v) is 3.36. The Morgan fingerprint density at radius 3 is 2.71 bits per heavy atom. The molecule has 1 heterocycles. The molecule has 1 aromatic heterocycles. The van der Waals surface area contributed by atoms with Gasteiger partial charge in [-0.25, -0.2) is 9.07 Å². The first-order valence-corrected chi connectivity index (χ1v) is 6.69. The van der Waals surface area contributed by atoms with E-state index in [2.05, 4.69) is 10.4 Å². The van der Waals surface area contributed by atoms with Crippen LogP contribution in [-0.2, 0) is 0 Å². The van der Waals surface area contributed by atoms with Crippen LogP contribution >= 0.6 is 0 Å². The van der Waals surface area contributed by atoms with Gasteiger partial charge >= 0.3 is 0 Å². The Balaban J connectivity index is 2.50. The lowest BCUT2D eigenvalue weighted by Gasteiger charge is -2.16. The average molecular weight is 290 g/mol. The fourth-order valence-corrected chi connectivity index (χ4v) is 2.07. The number of hydrogen-bond donors (Lipinski definition) is 1. The van der Waals surface area contributed by atoms with Crippen molar-refractivity contribution >= 4 is 5.91 Å². The molecule has 0 aliphatic carbocycles. The molecule has 0 spiro atoms. The standard InChI is InChI=1S/C15H19FN4O/c1-10(17-2)11-6-5-7-12(16)14(11)20-9-8-13(18-20)15(21)19(3)4/h5-10,17H,1-4H3. The van der Waals surface area contributed by atoms with Gasteiger partial charge in [-0.2, -0.15) is 5.10 Å². The molecule has 2 rings (SSSR count). The predicted molar refractivity (Wildman–Crippen MR) is 79.0 cm³/mol. The molecule has 1 N–H and O–H groups in total. The Labute approximate surface area is 123 Å². The maximum absolute atomic E-state index is 14.2. The van der Waals surface area contributed by atoms with Gasteiger partial charge in [-0.1, -0.05) is 12.1 Å². The molecule has 112 valence electrons. The topological polar surface area (TPSA) is 50.2 Å². The Hall–Kier alpha value is -2.21. The van der Waals surface area contributed by atoms with Crippen molar-refractivity contribution in [1.29, 1.82) is 0 Å². The number of para-hydroxylation sites is 1. The number of aromatic nitrogens is 2. The van der Waals surface area contributed by atoms with Crippen LogP contribution in [0.3, 0.4) is 0 Å². The highest BCUT2D eigenvalue weighted by Gasteiger charge is 2.18. The summed E-state index contributed by atoms with van der Waals surface area (Å²) in [6.07, 6.45) is 1.60. The van der Waals surface area contributed by atoms with Crippen LogP contribution in [0.25, 0.3) is 5.69 Å². The van der Waals surface area contributed by atoms with Gasteiger partial charge in [0.2, 0.25) is 0 Å². The summed E-state index contributed by atoms with van der Waals surface area (Å²) < 4.78 is 15.6. The fraction of sp³-hybridized carbons (Fsp3) is 0.333. The van der Waals surface area contributed by atoms with Crippen LogP contribution < -0.4 is 5.32 Å². The van der Waals surface area contributed by atoms with Crippen molar-refractivity contribution in [3.8, 4) is 5.69 Å². The van der Waals surface area contributed by atoms with Crippen LogP contribution in [0.5, 0.6) is 0 Å². The normalized spacial score (nSPS) is 12.2. The first kappa shape index (κ1) is 15.2. The molecule has 5 nitrogen and oxygen atoms in total. The lowest BCUT2D eigenvalue weighted by Crippen LogP contribution is -2.22. The monoisotopic (exact) mass is 290 g/mol. The second-order valence-corrected chi connectivity index (χ2v) is 5.03. The molecule has 21 heavy (non-hydrogen) atoms. The van der Waals surface area contributed by atoms with Crippen molar-refractivity contribution in [2.45, 2.75) is 13.0 Å². The van der Waals surface area contributed by atoms with Crippen molar-refractivity contribution < 1.29 is 9.18 Å². The second kappa shape index (κ2) is 6.05. The van der Waals surface area contributed by atoms with E-state index in [9.17, 15) is 9.18 Å². The number of carbonyl (C=O) groups is 1. The van der Waals surface area contributed by atoms with Gasteiger partial charge in [0.25, 0.3) is 5.91 Å². The predicted octanol–water partition coefficient (Wildman–Crippen LogP) is 1.99. The molecule has 0 saturated carbocycles. The molecule has 0 aliphatic heterocycles. The molecule has 0 saturated heterocycles. The van der Waals surface area contributed by atoms with Gasteiger partial charge in [0.1, 0.15) is 11.5 Å². The lowest BCUT2D eigenvalue weighted by molar-refractivity contribution is 0.0821. The molecule has 2 aromatic rings. The van der Waals surface area contributed by atoms with Gasteiger partial charge in [-0.3, -0.25) is 4.79 Å². The fourth-order valence-electron chi connectivity index (χ4n) is 2.07. The largest absolute Gasteiger partial charge is 0.343 e. The first-order chi connectivity index (χ1) is 9.95. The van der Waals surface area contributed by atoms with E-state index in [1.807, 2.05) is 20.0 Å². The summed E-state index contributed by atoms with van der Waals surface area (Å²) in [5, 5.41) is 7.28. The number of nitrogens with one attached hydrogen (secondary N) is 1. The molecule has 0 fully saturated rings. The summed E-state index contributed by atoms with van der Waals surface area (Å²) in [5.74, 6) is -0.588. The summed E-state index contributed by atoms with van der Waals surface area (Å²) >= 11 is 0. The van der Waals surface area contributed by atoms with Crippen molar-refractivity contribution in [2.75, 3.05) is 21.1 Å². The molecular formula is C15H19FN4O. The minimum absolute atomic E-state index is 0.0344. The zero-order chi connectivity index (χ0) is 15.6. The summed E-state index contributed by atoms with van der Waals surface area (Å²) in [6, 6.07) is 6.44. The number of carbonyl (C=O) groups excluding carboxylic acids is 1. The lowest BCUT2D eigenvalue weighted by atomic mass is 10.1. The molecule has 1 unspecified atom stereocenters. The summed E-state index contributed by atoms with van der Waals surface area (Å²) in [7, 11) is 5.11. The third kappa shape index (κ3) is 2.95. The zero-order valence-electron chi connectivity index (χ0n) is 12.6.